The Morgan fingerprint density at radius 1 is 1.11 bits per heavy atom. The highest BCUT2D eigenvalue weighted by Gasteiger charge is 2.58. The summed E-state index contributed by atoms with van der Waals surface area (Å²) in [7, 11) is 0. The van der Waals surface area contributed by atoms with Crippen molar-refractivity contribution in [3.05, 3.63) is 63.6 Å². The normalized spacial score (nSPS) is 24.3. The number of urea groups is 1. The number of carbonyl (C=O) groups excluding carboxylic acids is 2. The number of carbonyl (C=O) groups is 2. The average Bonchev–Trinajstić information content (AvgIpc) is 3.16. The molecule has 2 aromatic carbocycles. The van der Waals surface area contributed by atoms with Crippen molar-refractivity contribution in [2.45, 2.75) is 11.5 Å². The predicted octanol–water partition coefficient (Wildman–Crippen LogP) is 3.05. The molecule has 3 amide bonds. The van der Waals surface area contributed by atoms with Crippen molar-refractivity contribution >= 4 is 40.8 Å². The molecule has 1 spiro atoms. The fourth-order valence-corrected chi connectivity index (χ4v) is 4.27. The number of anilines is 1. The number of benzene rings is 2. The van der Waals surface area contributed by atoms with Gasteiger partial charge in [0.2, 0.25) is 0 Å². The van der Waals surface area contributed by atoms with Crippen molar-refractivity contribution in [3.8, 4) is 6.07 Å². The SMILES string of the molecule is N#Cc1ccc([C@@H]2CNC[C@@]23NC(=O)N(c2cc(Cl)cc(Cl)c2)C3=O)cc1. The second kappa shape index (κ2) is 6.54. The highest BCUT2D eigenvalue weighted by atomic mass is 35.5. The van der Waals surface area contributed by atoms with Gasteiger partial charge in [0, 0.05) is 29.1 Å². The number of nitrogens with zero attached hydrogens (tertiary/aromatic N) is 2. The molecule has 2 fully saturated rings. The molecule has 2 N–H and O–H groups in total. The second-order valence-corrected chi connectivity index (χ2v) is 7.46. The van der Waals surface area contributed by atoms with E-state index < -0.39 is 11.6 Å². The zero-order valence-corrected chi connectivity index (χ0v) is 15.5. The van der Waals surface area contributed by atoms with E-state index in [4.69, 9.17) is 28.5 Å². The zero-order chi connectivity index (χ0) is 19.2. The Kier molecular flexibility index (Phi) is 4.31. The van der Waals surface area contributed by atoms with Crippen LogP contribution in [-0.4, -0.2) is 30.6 Å². The molecule has 2 aromatic rings. The average molecular weight is 401 g/mol. The van der Waals surface area contributed by atoms with Gasteiger partial charge in [-0.05, 0) is 35.9 Å². The van der Waals surface area contributed by atoms with Crippen molar-refractivity contribution in [3.63, 3.8) is 0 Å². The van der Waals surface area contributed by atoms with Crippen molar-refractivity contribution in [1.29, 1.82) is 5.26 Å². The number of hydrogen-bond donors (Lipinski definition) is 2. The Hall–Kier alpha value is -2.59. The first kappa shape index (κ1) is 17.8. The van der Waals surface area contributed by atoms with Gasteiger partial charge >= 0.3 is 6.03 Å². The number of rotatable bonds is 2. The molecule has 2 saturated heterocycles. The molecule has 2 aliphatic heterocycles. The molecule has 136 valence electrons. The maximum atomic E-state index is 13.3. The molecule has 2 atom stereocenters. The molecule has 2 heterocycles. The lowest BCUT2D eigenvalue weighted by molar-refractivity contribution is -0.121. The summed E-state index contributed by atoms with van der Waals surface area (Å²) in [6.45, 7) is 0.842. The molecule has 27 heavy (non-hydrogen) atoms. The largest absolute Gasteiger partial charge is 0.329 e. The van der Waals surface area contributed by atoms with E-state index in [1.165, 1.54) is 18.2 Å². The number of halogens is 2. The molecule has 0 aromatic heterocycles. The topological polar surface area (TPSA) is 85.2 Å². The van der Waals surface area contributed by atoms with E-state index in [1.54, 1.807) is 12.1 Å². The van der Waals surface area contributed by atoms with Gasteiger partial charge in [-0.2, -0.15) is 5.26 Å². The molecular formula is C19H14Cl2N4O2. The fraction of sp³-hybridized carbons (Fsp3) is 0.211. The van der Waals surface area contributed by atoms with Crippen LogP contribution in [0.1, 0.15) is 17.0 Å². The van der Waals surface area contributed by atoms with Crippen LogP contribution in [0, 0.1) is 11.3 Å². The first-order valence-corrected chi connectivity index (χ1v) is 9.04. The molecule has 2 aliphatic rings. The molecule has 0 saturated carbocycles. The van der Waals surface area contributed by atoms with Gasteiger partial charge < -0.3 is 10.6 Å². The highest BCUT2D eigenvalue weighted by Crippen LogP contribution is 2.39. The Balaban J connectivity index is 1.73. The molecule has 0 bridgehead atoms. The molecule has 6 nitrogen and oxygen atoms in total. The van der Waals surface area contributed by atoms with Crippen molar-refractivity contribution in [2.75, 3.05) is 18.0 Å². The third-order valence-electron chi connectivity index (χ3n) is 5.01. The van der Waals surface area contributed by atoms with Crippen LogP contribution in [0.5, 0.6) is 0 Å². The van der Waals surface area contributed by atoms with Crippen molar-refractivity contribution in [1.82, 2.24) is 10.6 Å². The van der Waals surface area contributed by atoms with Crippen molar-refractivity contribution in [2.24, 2.45) is 0 Å². The zero-order valence-electron chi connectivity index (χ0n) is 14.0. The first-order chi connectivity index (χ1) is 12.9. The van der Waals surface area contributed by atoms with Gasteiger partial charge in [0.25, 0.3) is 5.91 Å². The minimum atomic E-state index is -1.10. The fourth-order valence-electron chi connectivity index (χ4n) is 3.75. The highest BCUT2D eigenvalue weighted by molar-refractivity contribution is 6.35. The van der Waals surface area contributed by atoms with E-state index in [1.807, 2.05) is 12.1 Å². The summed E-state index contributed by atoms with van der Waals surface area (Å²) >= 11 is 12.1. The number of amides is 3. The van der Waals surface area contributed by atoms with Crippen LogP contribution in [0.3, 0.4) is 0 Å². The standard InChI is InChI=1S/C19H14Cl2N4O2/c20-13-5-14(21)7-15(6-13)25-17(26)19(24-18(25)27)10-23-9-16(19)12-3-1-11(8-22)2-4-12/h1-7,16,23H,9-10H2,(H,24,27)/t16-,19+/m0/s1. The molecule has 4 rings (SSSR count). The van der Waals surface area contributed by atoms with Crippen LogP contribution < -0.4 is 15.5 Å². The van der Waals surface area contributed by atoms with Crippen LogP contribution in [0.4, 0.5) is 10.5 Å². The van der Waals surface area contributed by atoms with Gasteiger partial charge in [0.1, 0.15) is 5.54 Å². The lowest BCUT2D eigenvalue weighted by Gasteiger charge is -2.28. The summed E-state index contributed by atoms with van der Waals surface area (Å²) in [6, 6.07) is 13.2. The van der Waals surface area contributed by atoms with E-state index in [-0.39, 0.29) is 11.8 Å². The van der Waals surface area contributed by atoms with Crippen LogP contribution in [0.15, 0.2) is 42.5 Å². The van der Waals surface area contributed by atoms with Gasteiger partial charge in [-0.1, -0.05) is 35.3 Å². The van der Waals surface area contributed by atoms with Crippen LogP contribution in [-0.2, 0) is 4.79 Å². The molecule has 8 heteroatoms. The minimum absolute atomic E-state index is 0.263. The van der Waals surface area contributed by atoms with Crippen LogP contribution in [0.2, 0.25) is 10.0 Å². The number of hydrogen-bond acceptors (Lipinski definition) is 4. The maximum absolute atomic E-state index is 13.3. The first-order valence-electron chi connectivity index (χ1n) is 8.28. The summed E-state index contributed by atoms with van der Waals surface area (Å²) in [5.74, 6) is -0.619. The van der Waals surface area contributed by atoms with E-state index >= 15 is 0 Å². The van der Waals surface area contributed by atoms with Crippen molar-refractivity contribution < 1.29 is 9.59 Å². The summed E-state index contributed by atoms with van der Waals surface area (Å²) in [5, 5.41) is 15.7. The number of nitriles is 1. The monoisotopic (exact) mass is 400 g/mol. The smallest absolute Gasteiger partial charge is 0.321 e. The van der Waals surface area contributed by atoms with E-state index in [0.29, 0.717) is 34.4 Å². The predicted molar refractivity (Wildman–Crippen MR) is 102 cm³/mol. The van der Waals surface area contributed by atoms with Gasteiger partial charge in [0.15, 0.2) is 0 Å². The Bertz CT molecular complexity index is 966. The van der Waals surface area contributed by atoms with E-state index in [9.17, 15) is 9.59 Å². The molecule has 0 unspecified atom stereocenters. The quantitative estimate of drug-likeness (QED) is 0.758. The van der Waals surface area contributed by atoms with Crippen LogP contribution in [0.25, 0.3) is 0 Å². The van der Waals surface area contributed by atoms with E-state index in [2.05, 4.69) is 16.7 Å². The minimum Gasteiger partial charge on any atom is -0.321 e. The summed E-state index contributed by atoms with van der Waals surface area (Å²) < 4.78 is 0. The maximum Gasteiger partial charge on any atom is 0.329 e. The summed E-state index contributed by atoms with van der Waals surface area (Å²) in [6.07, 6.45) is 0. The molecule has 0 radical (unpaired) electrons. The molecular weight excluding hydrogens is 387 g/mol. The Morgan fingerprint density at radius 2 is 1.78 bits per heavy atom. The number of nitrogens with one attached hydrogen (secondary N) is 2. The van der Waals surface area contributed by atoms with Gasteiger partial charge in [0.05, 0.1) is 17.3 Å². The lowest BCUT2D eigenvalue weighted by atomic mass is 9.81. The van der Waals surface area contributed by atoms with E-state index in [0.717, 1.165) is 10.5 Å². The third kappa shape index (κ3) is 2.85. The second-order valence-electron chi connectivity index (χ2n) is 6.59. The van der Waals surface area contributed by atoms with Crippen LogP contribution >= 0.6 is 23.2 Å². The lowest BCUT2D eigenvalue weighted by Crippen LogP contribution is -2.52. The third-order valence-corrected chi connectivity index (χ3v) is 5.45. The van der Waals surface area contributed by atoms with Gasteiger partial charge in [-0.15, -0.1) is 0 Å². The Morgan fingerprint density at radius 3 is 2.41 bits per heavy atom. The summed E-state index contributed by atoms with van der Waals surface area (Å²) in [4.78, 5) is 27.1. The Labute approximate surface area is 165 Å². The van der Waals surface area contributed by atoms with Gasteiger partial charge in [-0.3, -0.25) is 4.79 Å². The molecule has 0 aliphatic carbocycles. The number of imide groups is 1. The summed E-state index contributed by atoms with van der Waals surface area (Å²) in [5.41, 5.74) is 0.645. The van der Waals surface area contributed by atoms with Gasteiger partial charge in [-0.25, -0.2) is 9.69 Å².